The lowest BCUT2D eigenvalue weighted by Gasteiger charge is -2.13. The SMILES string of the molecule is CC(C)OC(=O)CN1C(=O)S/C(=C\c2cc(Br)c(OCc3ccccc3)c(Br)c2)C1=O. The molecule has 2 aromatic rings. The molecule has 2 aromatic carbocycles. The van der Waals surface area contributed by atoms with Crippen LogP contribution in [-0.2, 0) is 20.9 Å². The molecular weight excluding hydrogens is 550 g/mol. The zero-order valence-corrected chi connectivity index (χ0v) is 20.8. The van der Waals surface area contributed by atoms with Gasteiger partial charge in [0.25, 0.3) is 11.1 Å². The number of halogens is 2. The van der Waals surface area contributed by atoms with Crippen molar-refractivity contribution in [3.05, 3.63) is 67.4 Å². The van der Waals surface area contributed by atoms with E-state index in [1.807, 2.05) is 30.3 Å². The summed E-state index contributed by atoms with van der Waals surface area (Å²) in [4.78, 5) is 37.8. The van der Waals surface area contributed by atoms with Gasteiger partial charge in [0.1, 0.15) is 18.9 Å². The largest absolute Gasteiger partial charge is 0.487 e. The Hall–Kier alpha value is -2.10. The summed E-state index contributed by atoms with van der Waals surface area (Å²) in [6.45, 7) is 3.41. The second-order valence-corrected chi connectivity index (χ2v) is 9.60. The number of hydrogen-bond acceptors (Lipinski definition) is 6. The van der Waals surface area contributed by atoms with E-state index in [4.69, 9.17) is 9.47 Å². The average molecular weight is 569 g/mol. The van der Waals surface area contributed by atoms with Crippen LogP contribution in [0.2, 0.25) is 0 Å². The number of esters is 1. The van der Waals surface area contributed by atoms with Crippen LogP contribution in [0.15, 0.2) is 56.3 Å². The van der Waals surface area contributed by atoms with Crippen LogP contribution in [0, 0.1) is 0 Å². The van der Waals surface area contributed by atoms with E-state index in [1.165, 1.54) is 0 Å². The van der Waals surface area contributed by atoms with Gasteiger partial charge >= 0.3 is 5.97 Å². The fourth-order valence-electron chi connectivity index (χ4n) is 2.75. The Kier molecular flexibility index (Phi) is 7.96. The van der Waals surface area contributed by atoms with Gasteiger partial charge in [-0.2, -0.15) is 0 Å². The molecule has 1 aliphatic heterocycles. The summed E-state index contributed by atoms with van der Waals surface area (Å²) in [5.41, 5.74) is 1.73. The van der Waals surface area contributed by atoms with E-state index < -0.39 is 23.7 Å². The van der Waals surface area contributed by atoms with Gasteiger partial charge in [-0.1, -0.05) is 30.3 Å². The molecular formula is C22H19Br2NO5S. The fourth-order valence-corrected chi connectivity index (χ4v) is 5.04. The van der Waals surface area contributed by atoms with Crippen LogP contribution in [0.5, 0.6) is 5.75 Å². The number of carbonyl (C=O) groups is 3. The van der Waals surface area contributed by atoms with Gasteiger partial charge in [0.05, 0.1) is 20.0 Å². The molecule has 0 radical (unpaired) electrons. The highest BCUT2D eigenvalue weighted by Crippen LogP contribution is 2.38. The van der Waals surface area contributed by atoms with Crippen molar-refractivity contribution in [2.45, 2.75) is 26.6 Å². The van der Waals surface area contributed by atoms with Crippen LogP contribution in [0.3, 0.4) is 0 Å². The third-order valence-corrected chi connectivity index (χ3v) is 6.16. The fraction of sp³-hybridized carbons (Fsp3) is 0.227. The highest BCUT2D eigenvalue weighted by Gasteiger charge is 2.36. The van der Waals surface area contributed by atoms with E-state index in [1.54, 1.807) is 32.1 Å². The molecule has 1 saturated heterocycles. The number of amides is 2. The lowest BCUT2D eigenvalue weighted by Crippen LogP contribution is -2.35. The summed E-state index contributed by atoms with van der Waals surface area (Å²) < 4.78 is 12.3. The summed E-state index contributed by atoms with van der Waals surface area (Å²) in [5.74, 6) is -0.512. The van der Waals surface area contributed by atoms with Crippen molar-refractivity contribution in [3.8, 4) is 5.75 Å². The van der Waals surface area contributed by atoms with Gasteiger partial charge in [0.15, 0.2) is 0 Å². The summed E-state index contributed by atoms with van der Waals surface area (Å²) >= 11 is 7.79. The van der Waals surface area contributed by atoms with E-state index in [0.29, 0.717) is 26.9 Å². The minimum absolute atomic E-state index is 0.235. The number of benzene rings is 2. The molecule has 2 amide bonds. The number of nitrogens with zero attached hydrogens (tertiary/aromatic N) is 1. The molecule has 3 rings (SSSR count). The van der Waals surface area contributed by atoms with Crippen molar-refractivity contribution >= 4 is 66.8 Å². The molecule has 0 N–H and O–H groups in total. The summed E-state index contributed by atoms with van der Waals surface area (Å²) in [5, 5.41) is -0.502. The number of rotatable bonds is 7. The highest BCUT2D eigenvalue weighted by molar-refractivity contribution is 9.11. The third kappa shape index (κ3) is 6.21. The maximum absolute atomic E-state index is 12.6. The maximum Gasteiger partial charge on any atom is 0.326 e. The average Bonchev–Trinajstić information content (AvgIpc) is 2.95. The summed E-state index contributed by atoms with van der Waals surface area (Å²) in [6, 6.07) is 13.4. The topological polar surface area (TPSA) is 72.9 Å². The Morgan fingerprint density at radius 2 is 1.77 bits per heavy atom. The van der Waals surface area contributed by atoms with E-state index >= 15 is 0 Å². The lowest BCUT2D eigenvalue weighted by atomic mass is 10.2. The molecule has 1 aliphatic rings. The quantitative estimate of drug-likeness (QED) is 0.311. The van der Waals surface area contributed by atoms with Crippen LogP contribution in [0.1, 0.15) is 25.0 Å². The normalized spacial score (nSPS) is 15.1. The Morgan fingerprint density at radius 1 is 1.13 bits per heavy atom. The second kappa shape index (κ2) is 10.5. The van der Waals surface area contributed by atoms with Gasteiger partial charge in [-0.15, -0.1) is 0 Å². The maximum atomic E-state index is 12.6. The third-order valence-electron chi connectivity index (χ3n) is 4.07. The zero-order chi connectivity index (χ0) is 22.5. The van der Waals surface area contributed by atoms with Crippen LogP contribution >= 0.6 is 43.6 Å². The second-order valence-electron chi connectivity index (χ2n) is 6.89. The Bertz CT molecular complexity index is 1020. The number of imide groups is 1. The predicted molar refractivity (Wildman–Crippen MR) is 127 cm³/mol. The predicted octanol–water partition coefficient (Wildman–Crippen LogP) is 5.78. The first-order valence-electron chi connectivity index (χ1n) is 9.35. The summed E-state index contributed by atoms with van der Waals surface area (Å²) in [6.07, 6.45) is 1.29. The monoisotopic (exact) mass is 567 g/mol. The Morgan fingerprint density at radius 3 is 2.39 bits per heavy atom. The number of thioether (sulfide) groups is 1. The van der Waals surface area contributed by atoms with E-state index in [9.17, 15) is 14.4 Å². The standard InChI is InChI=1S/C22H19Br2NO5S/c1-13(2)30-19(26)11-25-21(27)18(31-22(25)28)10-15-8-16(23)20(17(24)9-15)29-12-14-6-4-3-5-7-14/h3-10,13H,11-12H2,1-2H3/b18-10-. The molecule has 0 bridgehead atoms. The minimum atomic E-state index is -0.621. The van der Waals surface area contributed by atoms with E-state index in [2.05, 4.69) is 31.9 Å². The van der Waals surface area contributed by atoms with Crippen molar-refractivity contribution in [1.29, 1.82) is 0 Å². The molecule has 0 unspecified atom stereocenters. The van der Waals surface area contributed by atoms with Crippen LogP contribution < -0.4 is 4.74 Å². The van der Waals surface area contributed by atoms with Crippen molar-refractivity contribution < 1.29 is 23.9 Å². The minimum Gasteiger partial charge on any atom is -0.487 e. The van der Waals surface area contributed by atoms with Crippen LogP contribution in [0.4, 0.5) is 4.79 Å². The first-order valence-corrected chi connectivity index (χ1v) is 11.8. The highest BCUT2D eigenvalue weighted by atomic mass is 79.9. The zero-order valence-electron chi connectivity index (χ0n) is 16.8. The summed E-state index contributed by atoms with van der Waals surface area (Å²) in [7, 11) is 0. The molecule has 162 valence electrons. The van der Waals surface area contributed by atoms with Gasteiger partial charge in [0, 0.05) is 0 Å². The van der Waals surface area contributed by atoms with E-state index in [0.717, 1.165) is 22.2 Å². The Balaban J connectivity index is 1.73. The molecule has 0 spiro atoms. The van der Waals surface area contributed by atoms with E-state index in [-0.39, 0.29) is 11.0 Å². The molecule has 1 heterocycles. The van der Waals surface area contributed by atoms with Crippen LogP contribution in [0.25, 0.3) is 6.08 Å². The number of hydrogen-bond donors (Lipinski definition) is 0. The van der Waals surface area contributed by atoms with Crippen molar-refractivity contribution in [2.24, 2.45) is 0 Å². The molecule has 6 nitrogen and oxygen atoms in total. The smallest absolute Gasteiger partial charge is 0.326 e. The number of ether oxygens (including phenoxy) is 2. The molecule has 31 heavy (non-hydrogen) atoms. The van der Waals surface area contributed by atoms with Crippen molar-refractivity contribution in [3.63, 3.8) is 0 Å². The van der Waals surface area contributed by atoms with Gasteiger partial charge < -0.3 is 9.47 Å². The number of carbonyl (C=O) groups excluding carboxylic acids is 3. The van der Waals surface area contributed by atoms with Gasteiger partial charge in [0.2, 0.25) is 0 Å². The molecule has 9 heteroatoms. The van der Waals surface area contributed by atoms with Crippen molar-refractivity contribution in [1.82, 2.24) is 4.90 Å². The van der Waals surface area contributed by atoms with Crippen molar-refractivity contribution in [2.75, 3.05) is 6.54 Å². The molecule has 0 atom stereocenters. The van der Waals surface area contributed by atoms with Gasteiger partial charge in [-0.3, -0.25) is 19.3 Å². The first-order chi connectivity index (χ1) is 14.7. The van der Waals surface area contributed by atoms with Crippen LogP contribution in [-0.4, -0.2) is 34.7 Å². The molecule has 0 aromatic heterocycles. The molecule has 0 saturated carbocycles. The van der Waals surface area contributed by atoms with Gasteiger partial charge in [-0.05, 0) is 86.8 Å². The first kappa shape index (κ1) is 23.6. The molecule has 1 fully saturated rings. The lowest BCUT2D eigenvalue weighted by molar-refractivity contribution is -0.149. The Labute approximate surface area is 201 Å². The van der Waals surface area contributed by atoms with Gasteiger partial charge in [-0.25, -0.2) is 0 Å². The molecule has 0 aliphatic carbocycles.